The summed E-state index contributed by atoms with van der Waals surface area (Å²) in [5.41, 5.74) is -0.589. The number of pyridine rings is 1. The molecule has 0 unspecified atom stereocenters. The van der Waals surface area contributed by atoms with Crippen LogP contribution in [0.4, 0.5) is 4.79 Å². The molecule has 0 aromatic carbocycles. The maximum Gasteiger partial charge on any atom is 0.410 e. The van der Waals surface area contributed by atoms with Crippen LogP contribution in [0.25, 0.3) is 0 Å². The van der Waals surface area contributed by atoms with E-state index in [1.54, 1.807) is 20.8 Å². The molecule has 1 aliphatic heterocycles. The van der Waals surface area contributed by atoms with Crippen molar-refractivity contribution in [2.75, 3.05) is 12.3 Å². The average molecular weight is 326 g/mol. The average Bonchev–Trinajstić information content (AvgIpc) is 2.85. The third-order valence-corrected chi connectivity index (χ3v) is 5.24. The molecule has 1 aliphatic rings. The van der Waals surface area contributed by atoms with Crippen molar-refractivity contribution >= 4 is 15.9 Å². The number of likely N-dealkylation sites (tertiary alicyclic amines) is 1. The number of nitrogens with zero attached hydrogens (tertiary/aromatic N) is 2. The van der Waals surface area contributed by atoms with Gasteiger partial charge in [0.1, 0.15) is 5.60 Å². The second kappa shape index (κ2) is 6.24. The maximum atomic E-state index is 12.4. The first-order valence-electron chi connectivity index (χ1n) is 7.31. The monoisotopic (exact) mass is 326 g/mol. The van der Waals surface area contributed by atoms with Gasteiger partial charge in [-0.3, -0.25) is 4.98 Å². The van der Waals surface area contributed by atoms with Crippen molar-refractivity contribution < 1.29 is 17.9 Å². The third kappa shape index (κ3) is 4.19. The lowest BCUT2D eigenvalue weighted by Gasteiger charge is -2.28. The normalized spacial score (nSPS) is 19.2. The fourth-order valence-electron chi connectivity index (χ4n) is 2.46. The Bertz CT molecular complexity index is 623. The van der Waals surface area contributed by atoms with E-state index >= 15 is 0 Å². The van der Waals surface area contributed by atoms with Crippen LogP contribution in [0.5, 0.6) is 0 Å². The zero-order valence-electron chi connectivity index (χ0n) is 13.2. The lowest BCUT2D eigenvalue weighted by atomic mass is 10.2. The molecule has 1 aromatic heterocycles. The molecular formula is C15H22N2O4S. The summed E-state index contributed by atoms with van der Waals surface area (Å²) in [4.78, 5) is 17.8. The van der Waals surface area contributed by atoms with Gasteiger partial charge in [-0.2, -0.15) is 0 Å². The summed E-state index contributed by atoms with van der Waals surface area (Å²) in [5.74, 6) is -0.0870. The fourth-order valence-corrected chi connectivity index (χ4v) is 4.05. The summed E-state index contributed by atoms with van der Waals surface area (Å²) in [6.07, 6.45) is 3.92. The van der Waals surface area contributed by atoms with Crippen molar-refractivity contribution in [3.05, 3.63) is 24.5 Å². The topological polar surface area (TPSA) is 76.6 Å². The molecule has 1 amide bonds. The highest BCUT2D eigenvalue weighted by atomic mass is 32.2. The number of hydrogen-bond acceptors (Lipinski definition) is 5. The van der Waals surface area contributed by atoms with Crippen LogP contribution in [-0.4, -0.2) is 48.3 Å². The molecule has 0 radical (unpaired) electrons. The molecule has 0 bridgehead atoms. The summed E-state index contributed by atoms with van der Waals surface area (Å²) in [6.45, 7) is 5.92. The smallest absolute Gasteiger partial charge is 0.410 e. The second-order valence-electron chi connectivity index (χ2n) is 6.43. The Balaban J connectivity index is 2.10. The SMILES string of the molecule is CC(C)(C)OC(=O)N1CCC[C@@H]1CS(=O)(=O)c1ccncc1. The van der Waals surface area contributed by atoms with Gasteiger partial charge in [0, 0.05) is 25.0 Å². The highest BCUT2D eigenvalue weighted by Gasteiger charge is 2.35. The number of hydrogen-bond donors (Lipinski definition) is 0. The first-order chi connectivity index (χ1) is 10.2. The van der Waals surface area contributed by atoms with Gasteiger partial charge in [0.15, 0.2) is 9.84 Å². The minimum Gasteiger partial charge on any atom is -0.444 e. The van der Waals surface area contributed by atoms with Crippen LogP contribution in [0.1, 0.15) is 33.6 Å². The van der Waals surface area contributed by atoms with Crippen molar-refractivity contribution in [2.45, 2.75) is 50.2 Å². The van der Waals surface area contributed by atoms with Crippen molar-refractivity contribution in [2.24, 2.45) is 0 Å². The van der Waals surface area contributed by atoms with E-state index in [0.29, 0.717) is 13.0 Å². The first kappa shape index (κ1) is 16.7. The Labute approximate surface area is 131 Å². The molecule has 6 nitrogen and oxygen atoms in total. The van der Waals surface area contributed by atoms with Gasteiger partial charge in [-0.1, -0.05) is 0 Å². The Hall–Kier alpha value is -1.63. The number of rotatable bonds is 3. The summed E-state index contributed by atoms with van der Waals surface area (Å²) in [6, 6.07) is 2.61. The van der Waals surface area contributed by atoms with Gasteiger partial charge in [0.05, 0.1) is 10.6 Å². The van der Waals surface area contributed by atoms with Gasteiger partial charge in [-0.25, -0.2) is 13.2 Å². The molecule has 0 saturated carbocycles. The Morgan fingerprint density at radius 2 is 2.00 bits per heavy atom. The van der Waals surface area contributed by atoms with E-state index in [1.165, 1.54) is 29.4 Å². The van der Waals surface area contributed by atoms with E-state index in [9.17, 15) is 13.2 Å². The molecule has 2 heterocycles. The Morgan fingerprint density at radius 1 is 1.36 bits per heavy atom. The Morgan fingerprint density at radius 3 is 2.59 bits per heavy atom. The van der Waals surface area contributed by atoms with E-state index < -0.39 is 21.5 Å². The molecule has 0 N–H and O–H groups in total. The third-order valence-electron chi connectivity index (χ3n) is 3.43. The van der Waals surface area contributed by atoms with E-state index in [1.807, 2.05) is 0 Å². The molecule has 1 saturated heterocycles. The predicted molar refractivity (Wildman–Crippen MR) is 82.3 cm³/mol. The largest absolute Gasteiger partial charge is 0.444 e. The van der Waals surface area contributed by atoms with Crippen molar-refractivity contribution in [1.29, 1.82) is 0 Å². The fraction of sp³-hybridized carbons (Fsp3) is 0.600. The van der Waals surface area contributed by atoms with Crippen molar-refractivity contribution in [3.8, 4) is 0 Å². The number of carbonyl (C=O) groups is 1. The lowest BCUT2D eigenvalue weighted by molar-refractivity contribution is 0.0241. The molecule has 1 aromatic rings. The molecule has 22 heavy (non-hydrogen) atoms. The van der Waals surface area contributed by atoms with E-state index in [0.717, 1.165) is 6.42 Å². The van der Waals surface area contributed by atoms with Gasteiger partial charge in [-0.05, 0) is 45.7 Å². The quantitative estimate of drug-likeness (QED) is 0.851. The minimum absolute atomic E-state index is 0.0870. The highest BCUT2D eigenvalue weighted by Crippen LogP contribution is 2.24. The van der Waals surface area contributed by atoms with Crippen LogP contribution in [0.15, 0.2) is 29.4 Å². The standard InChI is InChI=1S/C15H22N2O4S/c1-15(2,3)21-14(18)17-10-4-5-12(17)11-22(19,20)13-6-8-16-9-7-13/h6-9,12H,4-5,10-11H2,1-3H3/t12-/m1/s1. The number of carbonyl (C=O) groups excluding carboxylic acids is 1. The summed E-state index contributed by atoms with van der Waals surface area (Å²) < 4.78 is 30.2. The molecule has 2 rings (SSSR count). The number of sulfone groups is 1. The molecule has 1 fully saturated rings. The van der Waals surface area contributed by atoms with Crippen LogP contribution < -0.4 is 0 Å². The van der Waals surface area contributed by atoms with Crippen molar-refractivity contribution in [1.82, 2.24) is 9.88 Å². The molecule has 0 aliphatic carbocycles. The van der Waals surface area contributed by atoms with Gasteiger partial charge < -0.3 is 9.64 Å². The van der Waals surface area contributed by atoms with Gasteiger partial charge >= 0.3 is 6.09 Å². The van der Waals surface area contributed by atoms with Gasteiger partial charge in [0.25, 0.3) is 0 Å². The minimum atomic E-state index is -3.44. The molecule has 1 atom stereocenters. The van der Waals surface area contributed by atoms with E-state index in [-0.39, 0.29) is 16.7 Å². The predicted octanol–water partition coefficient (Wildman–Crippen LogP) is 2.25. The molecule has 7 heteroatoms. The molecular weight excluding hydrogens is 304 g/mol. The van der Waals surface area contributed by atoms with Gasteiger partial charge in [-0.15, -0.1) is 0 Å². The summed E-state index contributed by atoms with van der Waals surface area (Å²) >= 11 is 0. The Kier molecular flexibility index (Phi) is 4.75. The number of ether oxygens (including phenoxy) is 1. The highest BCUT2D eigenvalue weighted by molar-refractivity contribution is 7.91. The zero-order valence-corrected chi connectivity index (χ0v) is 14.0. The maximum absolute atomic E-state index is 12.4. The summed E-state index contributed by atoms with van der Waals surface area (Å²) in [5, 5.41) is 0. The molecule has 122 valence electrons. The summed E-state index contributed by atoms with van der Waals surface area (Å²) in [7, 11) is -3.44. The molecule has 0 spiro atoms. The second-order valence-corrected chi connectivity index (χ2v) is 8.47. The van der Waals surface area contributed by atoms with Crippen LogP contribution in [0.3, 0.4) is 0 Å². The number of amides is 1. The van der Waals surface area contributed by atoms with Crippen LogP contribution in [0, 0.1) is 0 Å². The van der Waals surface area contributed by atoms with E-state index in [2.05, 4.69) is 4.98 Å². The zero-order chi connectivity index (χ0) is 16.4. The van der Waals surface area contributed by atoms with Crippen molar-refractivity contribution in [3.63, 3.8) is 0 Å². The number of aromatic nitrogens is 1. The first-order valence-corrected chi connectivity index (χ1v) is 8.97. The van der Waals surface area contributed by atoms with Crippen LogP contribution in [0.2, 0.25) is 0 Å². The van der Waals surface area contributed by atoms with Crippen LogP contribution in [-0.2, 0) is 14.6 Å². The van der Waals surface area contributed by atoms with Gasteiger partial charge in [0.2, 0.25) is 0 Å². The van der Waals surface area contributed by atoms with Crippen LogP contribution >= 0.6 is 0 Å². The lowest BCUT2D eigenvalue weighted by Crippen LogP contribution is -2.42. The van der Waals surface area contributed by atoms with E-state index in [4.69, 9.17) is 4.74 Å².